The molecule has 2 rings (SSSR count). The fraction of sp³-hybridized carbons (Fsp3) is 0.462. The van der Waals surface area contributed by atoms with E-state index in [1.54, 1.807) is 7.05 Å². The minimum Gasteiger partial charge on any atom is -0.381 e. The number of halogens is 1. The molecule has 0 saturated carbocycles. The van der Waals surface area contributed by atoms with Gasteiger partial charge in [0.05, 0.1) is 4.92 Å². The lowest BCUT2D eigenvalue weighted by atomic mass is 10.1. The van der Waals surface area contributed by atoms with Crippen molar-refractivity contribution in [2.24, 2.45) is 0 Å². The monoisotopic (exact) mass is 282 g/mol. The number of hydrogen-bond donors (Lipinski definition) is 0. The number of nitro benzene ring substituents is 1. The maximum absolute atomic E-state index is 13.3. The molecule has 6 nitrogen and oxygen atoms in total. The van der Waals surface area contributed by atoms with Gasteiger partial charge in [-0.05, 0) is 25.0 Å². The number of carbonyl (C=O) groups excluding carboxylic acids is 1. The van der Waals surface area contributed by atoms with E-state index in [1.165, 1.54) is 4.90 Å². The van der Waals surface area contributed by atoms with Gasteiger partial charge in [0.25, 0.3) is 11.6 Å². The normalized spacial score (nSPS) is 15.9. The van der Waals surface area contributed by atoms with Crippen molar-refractivity contribution in [3.05, 3.63) is 39.7 Å². The predicted octanol–water partition coefficient (Wildman–Crippen LogP) is 1.98. The number of amides is 1. The van der Waals surface area contributed by atoms with Crippen LogP contribution >= 0.6 is 0 Å². The van der Waals surface area contributed by atoms with E-state index in [4.69, 9.17) is 4.74 Å². The second kappa shape index (κ2) is 5.96. The van der Waals surface area contributed by atoms with Crippen LogP contribution in [-0.4, -0.2) is 42.0 Å². The molecule has 20 heavy (non-hydrogen) atoms. The Hall–Kier alpha value is -2.02. The molecule has 1 fully saturated rings. The third kappa shape index (κ3) is 2.93. The zero-order valence-corrected chi connectivity index (χ0v) is 11.0. The number of nitrogens with zero attached hydrogens (tertiary/aromatic N) is 2. The van der Waals surface area contributed by atoms with Crippen LogP contribution in [0.25, 0.3) is 0 Å². The highest BCUT2D eigenvalue weighted by atomic mass is 19.1. The van der Waals surface area contributed by atoms with Gasteiger partial charge in [0, 0.05) is 32.4 Å². The van der Waals surface area contributed by atoms with Gasteiger partial charge in [0.1, 0.15) is 11.4 Å². The standard InChI is InChI=1S/C13H15FN2O4/c1-15(10-4-6-20-7-5-10)13(17)11-8-9(14)2-3-12(11)16(18)19/h2-3,8,10H,4-7H2,1H3. The van der Waals surface area contributed by atoms with Crippen molar-refractivity contribution in [1.29, 1.82) is 0 Å². The maximum atomic E-state index is 13.3. The first-order chi connectivity index (χ1) is 9.50. The molecule has 0 aromatic heterocycles. The summed E-state index contributed by atoms with van der Waals surface area (Å²) in [6.07, 6.45) is 1.34. The number of carbonyl (C=O) groups is 1. The summed E-state index contributed by atoms with van der Waals surface area (Å²) in [5, 5.41) is 10.9. The average molecular weight is 282 g/mol. The molecule has 0 bridgehead atoms. The zero-order valence-electron chi connectivity index (χ0n) is 11.0. The molecule has 0 N–H and O–H groups in total. The highest BCUT2D eigenvalue weighted by Crippen LogP contribution is 2.23. The summed E-state index contributed by atoms with van der Waals surface area (Å²) in [7, 11) is 1.58. The molecular formula is C13H15FN2O4. The Kier molecular flexibility index (Phi) is 4.29. The second-order valence-electron chi connectivity index (χ2n) is 4.68. The maximum Gasteiger partial charge on any atom is 0.282 e. The van der Waals surface area contributed by atoms with E-state index in [2.05, 4.69) is 0 Å². The first kappa shape index (κ1) is 14.4. The van der Waals surface area contributed by atoms with Gasteiger partial charge in [-0.25, -0.2) is 4.39 Å². The highest BCUT2D eigenvalue weighted by molar-refractivity contribution is 5.98. The number of hydrogen-bond acceptors (Lipinski definition) is 4. The molecule has 1 aromatic rings. The summed E-state index contributed by atoms with van der Waals surface area (Å²) >= 11 is 0. The fourth-order valence-corrected chi connectivity index (χ4v) is 2.27. The smallest absolute Gasteiger partial charge is 0.282 e. The van der Waals surface area contributed by atoms with Crippen molar-refractivity contribution < 1.29 is 18.8 Å². The van der Waals surface area contributed by atoms with Crippen molar-refractivity contribution >= 4 is 11.6 Å². The van der Waals surface area contributed by atoms with E-state index < -0.39 is 16.6 Å². The predicted molar refractivity (Wildman–Crippen MR) is 69.0 cm³/mol. The molecular weight excluding hydrogens is 267 g/mol. The summed E-state index contributed by atoms with van der Waals surface area (Å²) in [4.78, 5) is 24.0. The Morgan fingerprint density at radius 1 is 1.45 bits per heavy atom. The Morgan fingerprint density at radius 2 is 2.10 bits per heavy atom. The number of benzene rings is 1. The van der Waals surface area contributed by atoms with E-state index in [9.17, 15) is 19.3 Å². The summed E-state index contributed by atoms with van der Waals surface area (Å²) in [5.41, 5.74) is -0.598. The van der Waals surface area contributed by atoms with Gasteiger partial charge >= 0.3 is 0 Å². The lowest BCUT2D eigenvalue weighted by molar-refractivity contribution is -0.385. The van der Waals surface area contributed by atoms with Gasteiger partial charge in [-0.1, -0.05) is 0 Å². The van der Waals surface area contributed by atoms with Gasteiger partial charge < -0.3 is 9.64 Å². The number of rotatable bonds is 3. The Balaban J connectivity index is 2.27. The van der Waals surface area contributed by atoms with E-state index in [-0.39, 0.29) is 17.3 Å². The largest absolute Gasteiger partial charge is 0.381 e. The lowest BCUT2D eigenvalue weighted by Crippen LogP contribution is -2.40. The van der Waals surface area contributed by atoms with Crippen LogP contribution in [0.4, 0.5) is 10.1 Å². The summed E-state index contributed by atoms with van der Waals surface area (Å²) in [6, 6.07) is 2.86. The topological polar surface area (TPSA) is 72.7 Å². The van der Waals surface area contributed by atoms with Crippen LogP contribution in [0, 0.1) is 15.9 Å². The quantitative estimate of drug-likeness (QED) is 0.627. The molecule has 0 radical (unpaired) electrons. The van der Waals surface area contributed by atoms with E-state index in [1.807, 2.05) is 0 Å². The van der Waals surface area contributed by atoms with Gasteiger partial charge in [-0.3, -0.25) is 14.9 Å². The minimum absolute atomic E-state index is 0.0425. The van der Waals surface area contributed by atoms with Crippen LogP contribution in [0.15, 0.2) is 18.2 Å². The molecule has 1 heterocycles. The van der Waals surface area contributed by atoms with Crippen LogP contribution in [0.5, 0.6) is 0 Å². The van der Waals surface area contributed by atoms with Crippen LogP contribution in [0.3, 0.4) is 0 Å². The fourth-order valence-electron chi connectivity index (χ4n) is 2.27. The molecule has 1 aromatic carbocycles. The molecule has 1 saturated heterocycles. The summed E-state index contributed by atoms with van der Waals surface area (Å²) < 4.78 is 18.5. The molecule has 7 heteroatoms. The van der Waals surface area contributed by atoms with Crippen LogP contribution in [0.1, 0.15) is 23.2 Å². The second-order valence-corrected chi connectivity index (χ2v) is 4.68. The SMILES string of the molecule is CN(C(=O)c1cc(F)ccc1[N+](=O)[O-])C1CCOCC1. The van der Waals surface area contributed by atoms with E-state index >= 15 is 0 Å². The molecule has 0 aliphatic carbocycles. The Morgan fingerprint density at radius 3 is 2.70 bits per heavy atom. The lowest BCUT2D eigenvalue weighted by Gasteiger charge is -2.31. The van der Waals surface area contributed by atoms with Crippen molar-refractivity contribution in [3.8, 4) is 0 Å². The van der Waals surface area contributed by atoms with Crippen LogP contribution in [0.2, 0.25) is 0 Å². The number of ether oxygens (including phenoxy) is 1. The highest BCUT2D eigenvalue weighted by Gasteiger charge is 2.28. The first-order valence-electron chi connectivity index (χ1n) is 6.29. The third-order valence-corrected chi connectivity index (χ3v) is 3.44. The summed E-state index contributed by atoms with van der Waals surface area (Å²) in [5.74, 6) is -1.21. The van der Waals surface area contributed by atoms with E-state index in [0.717, 1.165) is 18.2 Å². The van der Waals surface area contributed by atoms with Crippen molar-refractivity contribution in [2.45, 2.75) is 18.9 Å². The molecule has 0 atom stereocenters. The molecule has 0 unspecified atom stereocenters. The van der Waals surface area contributed by atoms with Gasteiger partial charge in [-0.2, -0.15) is 0 Å². The average Bonchev–Trinajstić information content (AvgIpc) is 2.46. The molecule has 108 valence electrons. The van der Waals surface area contributed by atoms with Crippen molar-refractivity contribution in [2.75, 3.05) is 20.3 Å². The molecule has 0 spiro atoms. The molecule has 1 amide bonds. The third-order valence-electron chi connectivity index (χ3n) is 3.44. The molecule has 1 aliphatic rings. The minimum atomic E-state index is -0.676. The van der Waals surface area contributed by atoms with Crippen molar-refractivity contribution in [3.63, 3.8) is 0 Å². The van der Waals surface area contributed by atoms with Crippen LogP contribution < -0.4 is 0 Å². The number of nitro groups is 1. The first-order valence-corrected chi connectivity index (χ1v) is 6.29. The molecule has 1 aliphatic heterocycles. The van der Waals surface area contributed by atoms with Gasteiger partial charge in [-0.15, -0.1) is 0 Å². The van der Waals surface area contributed by atoms with Crippen LogP contribution in [-0.2, 0) is 4.74 Å². The van der Waals surface area contributed by atoms with E-state index in [0.29, 0.717) is 26.1 Å². The zero-order chi connectivity index (χ0) is 14.7. The van der Waals surface area contributed by atoms with Gasteiger partial charge in [0.15, 0.2) is 0 Å². The Labute approximate surface area is 115 Å². The summed E-state index contributed by atoms with van der Waals surface area (Å²) in [6.45, 7) is 1.10. The van der Waals surface area contributed by atoms with Crippen molar-refractivity contribution in [1.82, 2.24) is 4.90 Å². The van der Waals surface area contributed by atoms with Gasteiger partial charge in [0.2, 0.25) is 0 Å². The Bertz CT molecular complexity index is 529.